The van der Waals surface area contributed by atoms with Crippen LogP contribution in [0.15, 0.2) is 24.3 Å². The van der Waals surface area contributed by atoms with Crippen molar-refractivity contribution >= 4 is 28.5 Å². The van der Waals surface area contributed by atoms with E-state index in [4.69, 9.17) is 0 Å². The topological polar surface area (TPSA) is 20.3 Å². The first-order valence-corrected chi connectivity index (χ1v) is 7.34. The number of likely N-dealkylation sites (tertiary alicyclic amines) is 1. The third kappa shape index (κ3) is 3.00. The fourth-order valence-electron chi connectivity index (χ4n) is 2.35. The van der Waals surface area contributed by atoms with E-state index in [0.29, 0.717) is 0 Å². The maximum absolute atomic E-state index is 12.3. The first kappa shape index (κ1) is 12.9. The van der Waals surface area contributed by atoms with E-state index in [9.17, 15) is 4.79 Å². The molecule has 0 radical (unpaired) electrons. The molecule has 1 aromatic rings. The van der Waals surface area contributed by atoms with E-state index in [1.54, 1.807) is 0 Å². The van der Waals surface area contributed by atoms with Crippen molar-refractivity contribution in [2.24, 2.45) is 5.92 Å². The second-order valence-electron chi connectivity index (χ2n) is 4.62. The van der Waals surface area contributed by atoms with Gasteiger partial charge < -0.3 is 4.90 Å². The van der Waals surface area contributed by atoms with Crippen molar-refractivity contribution < 1.29 is 4.79 Å². The molecule has 0 unspecified atom stereocenters. The van der Waals surface area contributed by atoms with Crippen molar-refractivity contribution in [3.05, 3.63) is 33.4 Å². The second kappa shape index (κ2) is 5.85. The summed E-state index contributed by atoms with van der Waals surface area (Å²) in [6.45, 7) is 4.08. The Hall–Kier alpha value is -0.580. The predicted octanol–water partition coefficient (Wildman–Crippen LogP) is 3.55. The summed E-state index contributed by atoms with van der Waals surface area (Å²) < 4.78 is 1.05. The maximum atomic E-state index is 12.3. The van der Waals surface area contributed by atoms with Crippen LogP contribution in [-0.2, 0) is 0 Å². The number of hydrogen-bond donors (Lipinski definition) is 0. The monoisotopic (exact) mass is 343 g/mol. The Morgan fingerprint density at radius 2 is 2.00 bits per heavy atom. The molecule has 1 heterocycles. The molecule has 92 valence electrons. The average Bonchev–Trinajstić information content (AvgIpc) is 2.39. The lowest BCUT2D eigenvalue weighted by Crippen LogP contribution is -2.38. The second-order valence-corrected chi connectivity index (χ2v) is 5.79. The molecule has 1 fully saturated rings. The number of halogens is 1. The van der Waals surface area contributed by atoms with Crippen molar-refractivity contribution in [3.8, 4) is 0 Å². The lowest BCUT2D eigenvalue weighted by atomic mass is 9.94. The van der Waals surface area contributed by atoms with Crippen LogP contribution < -0.4 is 0 Å². The number of benzene rings is 1. The van der Waals surface area contributed by atoms with E-state index in [1.165, 1.54) is 6.42 Å². The normalized spacial score (nSPS) is 17.2. The molecule has 0 spiro atoms. The van der Waals surface area contributed by atoms with Gasteiger partial charge in [-0.05, 0) is 53.5 Å². The zero-order chi connectivity index (χ0) is 12.3. The van der Waals surface area contributed by atoms with Crippen LogP contribution >= 0.6 is 22.6 Å². The van der Waals surface area contributed by atoms with E-state index in [-0.39, 0.29) is 5.91 Å². The van der Waals surface area contributed by atoms with Crippen molar-refractivity contribution in [2.75, 3.05) is 13.1 Å². The zero-order valence-electron chi connectivity index (χ0n) is 10.2. The van der Waals surface area contributed by atoms with Gasteiger partial charge in [-0.2, -0.15) is 0 Å². The van der Waals surface area contributed by atoms with Crippen molar-refractivity contribution in [1.29, 1.82) is 0 Å². The van der Waals surface area contributed by atoms with Gasteiger partial charge in [0, 0.05) is 16.7 Å². The van der Waals surface area contributed by atoms with E-state index in [0.717, 1.165) is 41.0 Å². The van der Waals surface area contributed by atoms with Gasteiger partial charge in [0.25, 0.3) is 5.91 Å². The lowest BCUT2D eigenvalue weighted by Gasteiger charge is -2.31. The number of rotatable bonds is 2. The quantitative estimate of drug-likeness (QED) is 0.752. The summed E-state index contributed by atoms with van der Waals surface area (Å²) >= 11 is 2.24. The third-order valence-electron chi connectivity index (χ3n) is 3.58. The van der Waals surface area contributed by atoms with Crippen LogP contribution in [0.5, 0.6) is 0 Å². The van der Waals surface area contributed by atoms with Crippen LogP contribution in [0.3, 0.4) is 0 Å². The van der Waals surface area contributed by atoms with Crippen molar-refractivity contribution in [2.45, 2.75) is 26.2 Å². The van der Waals surface area contributed by atoms with Gasteiger partial charge in [0.1, 0.15) is 0 Å². The fraction of sp³-hybridized carbons (Fsp3) is 0.500. The summed E-state index contributed by atoms with van der Waals surface area (Å²) in [4.78, 5) is 14.3. The first-order chi connectivity index (χ1) is 8.22. The molecule has 0 aromatic heterocycles. The highest BCUT2D eigenvalue weighted by Crippen LogP contribution is 2.22. The molecule has 3 heteroatoms. The highest BCUT2D eigenvalue weighted by molar-refractivity contribution is 14.1. The standard InChI is InChI=1S/C14H18INO/c1-2-11-7-9-16(10-8-11)14(17)12-5-3-4-6-13(12)15/h3-6,11H,2,7-10H2,1H3. The molecule has 1 amide bonds. The third-order valence-corrected chi connectivity index (χ3v) is 4.52. The molecule has 1 aliphatic rings. The zero-order valence-corrected chi connectivity index (χ0v) is 12.3. The molecular formula is C14H18INO. The molecule has 1 saturated heterocycles. The maximum Gasteiger partial charge on any atom is 0.254 e. The average molecular weight is 343 g/mol. The molecular weight excluding hydrogens is 325 g/mol. The Morgan fingerprint density at radius 3 is 2.59 bits per heavy atom. The van der Waals surface area contributed by atoms with Gasteiger partial charge in [-0.25, -0.2) is 0 Å². The number of amides is 1. The molecule has 0 N–H and O–H groups in total. The summed E-state index contributed by atoms with van der Waals surface area (Å²) in [7, 11) is 0. The Balaban J connectivity index is 2.04. The van der Waals surface area contributed by atoms with E-state index < -0.39 is 0 Å². The highest BCUT2D eigenvalue weighted by atomic mass is 127. The Labute approximate surface area is 117 Å². The number of nitrogens with zero attached hydrogens (tertiary/aromatic N) is 1. The number of hydrogen-bond acceptors (Lipinski definition) is 1. The van der Waals surface area contributed by atoms with Crippen molar-refractivity contribution in [1.82, 2.24) is 4.90 Å². The lowest BCUT2D eigenvalue weighted by molar-refractivity contribution is 0.0687. The number of piperidine rings is 1. The summed E-state index contributed by atoms with van der Waals surface area (Å²) in [6.07, 6.45) is 3.56. The molecule has 2 nitrogen and oxygen atoms in total. The van der Waals surface area contributed by atoms with Gasteiger partial charge in [0.2, 0.25) is 0 Å². The summed E-state index contributed by atoms with van der Waals surface area (Å²) in [5.74, 6) is 1.01. The molecule has 0 bridgehead atoms. The van der Waals surface area contributed by atoms with Crippen LogP contribution in [0, 0.1) is 9.49 Å². The molecule has 1 aromatic carbocycles. The summed E-state index contributed by atoms with van der Waals surface area (Å²) in [6, 6.07) is 7.83. The minimum atomic E-state index is 0.199. The van der Waals surface area contributed by atoms with Crippen LogP contribution in [-0.4, -0.2) is 23.9 Å². The Bertz CT molecular complexity index is 397. The van der Waals surface area contributed by atoms with Crippen LogP contribution in [0.25, 0.3) is 0 Å². The van der Waals surface area contributed by atoms with E-state index in [1.807, 2.05) is 29.2 Å². The van der Waals surface area contributed by atoms with Crippen LogP contribution in [0.1, 0.15) is 36.5 Å². The van der Waals surface area contributed by atoms with Gasteiger partial charge >= 0.3 is 0 Å². The minimum absolute atomic E-state index is 0.199. The molecule has 17 heavy (non-hydrogen) atoms. The molecule has 0 atom stereocenters. The van der Waals surface area contributed by atoms with Crippen molar-refractivity contribution in [3.63, 3.8) is 0 Å². The highest BCUT2D eigenvalue weighted by Gasteiger charge is 2.23. The summed E-state index contributed by atoms with van der Waals surface area (Å²) in [5.41, 5.74) is 0.850. The predicted molar refractivity (Wildman–Crippen MR) is 78.1 cm³/mol. The number of carbonyl (C=O) groups is 1. The minimum Gasteiger partial charge on any atom is -0.339 e. The molecule has 1 aliphatic heterocycles. The van der Waals surface area contributed by atoms with Gasteiger partial charge in [-0.15, -0.1) is 0 Å². The van der Waals surface area contributed by atoms with Crippen LogP contribution in [0.4, 0.5) is 0 Å². The van der Waals surface area contributed by atoms with Gasteiger partial charge in [0.15, 0.2) is 0 Å². The smallest absolute Gasteiger partial charge is 0.254 e. The van der Waals surface area contributed by atoms with Crippen LogP contribution in [0.2, 0.25) is 0 Å². The molecule has 2 rings (SSSR count). The Morgan fingerprint density at radius 1 is 1.35 bits per heavy atom. The van der Waals surface area contributed by atoms with E-state index >= 15 is 0 Å². The fourth-order valence-corrected chi connectivity index (χ4v) is 2.97. The SMILES string of the molecule is CCC1CCN(C(=O)c2ccccc2I)CC1. The summed E-state index contributed by atoms with van der Waals surface area (Å²) in [5, 5.41) is 0. The number of carbonyl (C=O) groups excluding carboxylic acids is 1. The molecule has 0 saturated carbocycles. The van der Waals surface area contributed by atoms with Gasteiger partial charge in [0.05, 0.1) is 5.56 Å². The largest absolute Gasteiger partial charge is 0.339 e. The first-order valence-electron chi connectivity index (χ1n) is 6.26. The van der Waals surface area contributed by atoms with E-state index in [2.05, 4.69) is 29.5 Å². The Kier molecular flexibility index (Phi) is 4.42. The molecule has 0 aliphatic carbocycles. The van der Waals surface area contributed by atoms with Gasteiger partial charge in [-0.1, -0.05) is 25.5 Å². The van der Waals surface area contributed by atoms with Gasteiger partial charge in [-0.3, -0.25) is 4.79 Å².